The van der Waals surface area contributed by atoms with E-state index in [1.807, 2.05) is 19.1 Å². The maximum atomic E-state index is 12.9. The van der Waals surface area contributed by atoms with E-state index in [4.69, 9.17) is 16.3 Å². The Balaban J connectivity index is 1.81. The summed E-state index contributed by atoms with van der Waals surface area (Å²) in [5, 5.41) is 17.2. The minimum atomic E-state index is -2.88. The number of halogens is 3. The average molecular weight is 451 g/mol. The summed E-state index contributed by atoms with van der Waals surface area (Å²) < 4.78 is 32.6. The number of hydrogen-bond acceptors (Lipinski definition) is 5. The first kappa shape index (κ1) is 22.2. The molecule has 11 heteroatoms. The molecule has 3 rings (SSSR count). The average Bonchev–Trinajstić information content (AvgIpc) is 2.98. The van der Waals surface area contributed by atoms with Crippen molar-refractivity contribution < 1.29 is 23.2 Å². The first-order valence-corrected chi connectivity index (χ1v) is 9.36. The molecule has 0 bridgehead atoms. The molecule has 0 spiro atoms. The number of aromatic nitrogens is 2. The van der Waals surface area contributed by atoms with Gasteiger partial charge in [0.15, 0.2) is 0 Å². The zero-order chi connectivity index (χ0) is 22.7. The van der Waals surface area contributed by atoms with E-state index in [9.17, 15) is 23.7 Å². The van der Waals surface area contributed by atoms with Crippen LogP contribution < -0.4 is 10.1 Å². The van der Waals surface area contributed by atoms with Crippen molar-refractivity contribution in [3.63, 3.8) is 0 Å². The van der Waals surface area contributed by atoms with E-state index in [0.29, 0.717) is 5.75 Å². The number of rotatable bonds is 7. The van der Waals surface area contributed by atoms with Gasteiger partial charge in [-0.15, -0.1) is 0 Å². The van der Waals surface area contributed by atoms with E-state index in [1.54, 1.807) is 12.1 Å². The van der Waals surface area contributed by atoms with Crippen LogP contribution in [0.15, 0.2) is 42.5 Å². The van der Waals surface area contributed by atoms with Crippen LogP contribution in [0.3, 0.4) is 0 Å². The lowest BCUT2D eigenvalue weighted by atomic mass is 10.2. The predicted octanol–water partition coefficient (Wildman–Crippen LogP) is 5.43. The summed E-state index contributed by atoms with van der Waals surface area (Å²) in [5.74, 6) is -0.0266. The van der Waals surface area contributed by atoms with E-state index in [2.05, 4.69) is 10.4 Å². The largest absolute Gasteiger partial charge is 0.457 e. The third-order valence-corrected chi connectivity index (χ3v) is 4.77. The number of carbonyl (C=O) groups is 1. The Morgan fingerprint density at radius 1 is 1.23 bits per heavy atom. The zero-order valence-corrected chi connectivity index (χ0v) is 17.2. The van der Waals surface area contributed by atoms with Crippen LogP contribution >= 0.6 is 11.6 Å². The number of amides is 1. The summed E-state index contributed by atoms with van der Waals surface area (Å²) in [4.78, 5) is 23.0. The Bertz CT molecular complexity index is 1130. The first-order chi connectivity index (χ1) is 14.6. The van der Waals surface area contributed by atoms with E-state index < -0.39 is 29.5 Å². The smallest absolute Gasteiger partial charge is 0.283 e. The number of nitro groups is 1. The Morgan fingerprint density at radius 2 is 1.90 bits per heavy atom. The molecular formula is C20H17ClF2N4O4. The second kappa shape index (κ2) is 9.09. The highest BCUT2D eigenvalue weighted by atomic mass is 35.5. The molecule has 8 nitrogen and oxygen atoms in total. The molecule has 0 atom stereocenters. The molecule has 162 valence electrons. The Labute approximate surface area is 180 Å². The molecular weight excluding hydrogens is 434 g/mol. The fourth-order valence-corrected chi connectivity index (χ4v) is 2.96. The SMILES string of the molecule is Cc1ccc(Oc2cc(NC(=O)Cn3nc(C(F)F)c(Cl)c3C)cc([N+](=O)[O-])c2)cc1. The Hall–Kier alpha value is -3.53. The van der Waals surface area contributed by atoms with Gasteiger partial charge in [0.05, 0.1) is 27.4 Å². The minimum absolute atomic E-state index is 0.103. The quantitative estimate of drug-likeness (QED) is 0.382. The van der Waals surface area contributed by atoms with Crippen molar-refractivity contribution in [1.82, 2.24) is 9.78 Å². The maximum Gasteiger partial charge on any atom is 0.283 e. The molecule has 0 fully saturated rings. The molecule has 1 aromatic heterocycles. The number of alkyl halides is 2. The standard InChI is InChI=1S/C20H17ClF2N4O4/c1-11-3-5-15(6-4-11)31-16-8-13(7-14(9-16)27(29)30)24-17(28)10-26-12(2)18(21)19(25-26)20(22)23/h3-9,20H,10H2,1-2H3,(H,24,28). The number of carbonyl (C=O) groups excluding carboxylic acids is 1. The summed E-state index contributed by atoms with van der Waals surface area (Å²) in [5.41, 5.74) is 0.415. The van der Waals surface area contributed by atoms with Crippen molar-refractivity contribution in [2.75, 3.05) is 5.32 Å². The number of nitro benzene ring substituents is 1. The van der Waals surface area contributed by atoms with Crippen LogP contribution in [-0.2, 0) is 11.3 Å². The monoisotopic (exact) mass is 450 g/mol. The molecule has 0 saturated heterocycles. The minimum Gasteiger partial charge on any atom is -0.457 e. The lowest BCUT2D eigenvalue weighted by Gasteiger charge is -2.10. The van der Waals surface area contributed by atoms with Gasteiger partial charge in [-0.05, 0) is 26.0 Å². The van der Waals surface area contributed by atoms with Gasteiger partial charge in [-0.25, -0.2) is 8.78 Å². The topological polar surface area (TPSA) is 99.3 Å². The van der Waals surface area contributed by atoms with Gasteiger partial charge in [0, 0.05) is 12.1 Å². The van der Waals surface area contributed by atoms with Crippen molar-refractivity contribution in [1.29, 1.82) is 0 Å². The highest BCUT2D eigenvalue weighted by molar-refractivity contribution is 6.31. The fourth-order valence-electron chi connectivity index (χ4n) is 2.74. The van der Waals surface area contributed by atoms with Crippen molar-refractivity contribution in [3.05, 3.63) is 74.6 Å². The van der Waals surface area contributed by atoms with Crippen molar-refractivity contribution >= 4 is 28.9 Å². The normalized spacial score (nSPS) is 10.9. The summed E-state index contributed by atoms with van der Waals surface area (Å²) in [6.45, 7) is 2.95. The van der Waals surface area contributed by atoms with Crippen molar-refractivity contribution in [2.24, 2.45) is 0 Å². The van der Waals surface area contributed by atoms with E-state index in [0.717, 1.165) is 16.3 Å². The lowest BCUT2D eigenvalue weighted by molar-refractivity contribution is -0.384. The number of benzene rings is 2. The van der Waals surface area contributed by atoms with Gasteiger partial charge >= 0.3 is 0 Å². The fraction of sp³-hybridized carbons (Fsp3) is 0.200. The summed E-state index contributed by atoms with van der Waals surface area (Å²) in [7, 11) is 0. The molecule has 0 aliphatic rings. The van der Waals surface area contributed by atoms with Crippen molar-refractivity contribution in [2.45, 2.75) is 26.8 Å². The number of non-ortho nitro benzene ring substituents is 1. The number of nitrogens with one attached hydrogen (secondary N) is 1. The molecule has 0 aliphatic carbocycles. The summed E-state index contributed by atoms with van der Waals surface area (Å²) in [6.07, 6.45) is -2.88. The van der Waals surface area contributed by atoms with Crippen LogP contribution in [0.25, 0.3) is 0 Å². The van der Waals surface area contributed by atoms with Gasteiger partial charge in [-0.3, -0.25) is 19.6 Å². The maximum absolute atomic E-state index is 12.9. The van der Waals surface area contributed by atoms with Gasteiger partial charge in [0.2, 0.25) is 5.91 Å². The van der Waals surface area contributed by atoms with Gasteiger partial charge in [-0.1, -0.05) is 29.3 Å². The second-order valence-corrected chi connectivity index (χ2v) is 7.06. The van der Waals surface area contributed by atoms with Crippen LogP contribution in [0.4, 0.5) is 20.2 Å². The number of hydrogen-bond donors (Lipinski definition) is 1. The highest BCUT2D eigenvalue weighted by Gasteiger charge is 2.22. The lowest BCUT2D eigenvalue weighted by Crippen LogP contribution is -2.20. The van der Waals surface area contributed by atoms with Crippen LogP contribution in [0.5, 0.6) is 11.5 Å². The molecule has 2 aromatic carbocycles. The van der Waals surface area contributed by atoms with E-state index >= 15 is 0 Å². The van der Waals surface area contributed by atoms with Crippen molar-refractivity contribution in [3.8, 4) is 11.5 Å². The number of nitrogens with zero attached hydrogens (tertiary/aromatic N) is 3. The molecule has 1 N–H and O–H groups in total. The molecule has 1 amide bonds. The predicted molar refractivity (Wildman–Crippen MR) is 110 cm³/mol. The van der Waals surface area contributed by atoms with Crippen LogP contribution in [0.2, 0.25) is 5.02 Å². The number of anilines is 1. The van der Waals surface area contributed by atoms with Crippen LogP contribution in [0, 0.1) is 24.0 Å². The second-order valence-electron chi connectivity index (χ2n) is 6.68. The van der Waals surface area contributed by atoms with Gasteiger partial charge < -0.3 is 10.1 Å². The summed E-state index contributed by atoms with van der Waals surface area (Å²) in [6, 6.07) is 10.9. The molecule has 31 heavy (non-hydrogen) atoms. The van der Waals surface area contributed by atoms with Gasteiger partial charge in [-0.2, -0.15) is 5.10 Å². The number of aryl methyl sites for hydroxylation is 1. The first-order valence-electron chi connectivity index (χ1n) is 8.99. The molecule has 1 heterocycles. The molecule has 0 aliphatic heterocycles. The summed E-state index contributed by atoms with van der Waals surface area (Å²) >= 11 is 5.83. The van der Waals surface area contributed by atoms with E-state index in [1.165, 1.54) is 19.1 Å². The molecule has 3 aromatic rings. The third-order valence-electron chi connectivity index (χ3n) is 4.30. The third kappa shape index (κ3) is 5.34. The number of ether oxygens (including phenoxy) is 1. The molecule has 0 radical (unpaired) electrons. The van der Waals surface area contributed by atoms with E-state index in [-0.39, 0.29) is 27.8 Å². The van der Waals surface area contributed by atoms with Gasteiger partial charge in [0.25, 0.3) is 12.1 Å². The zero-order valence-electron chi connectivity index (χ0n) is 16.4. The van der Waals surface area contributed by atoms with Gasteiger partial charge in [0.1, 0.15) is 23.7 Å². The van der Waals surface area contributed by atoms with Crippen LogP contribution in [-0.4, -0.2) is 20.6 Å². The Morgan fingerprint density at radius 3 is 2.48 bits per heavy atom. The molecule has 0 unspecified atom stereocenters. The molecule has 0 saturated carbocycles. The highest BCUT2D eigenvalue weighted by Crippen LogP contribution is 2.31. The Kier molecular flexibility index (Phi) is 6.50. The van der Waals surface area contributed by atoms with Crippen LogP contribution in [0.1, 0.15) is 23.4 Å².